The highest BCUT2D eigenvalue weighted by molar-refractivity contribution is 6.30. The quantitative estimate of drug-likeness (QED) is 0.249. The predicted octanol–water partition coefficient (Wildman–Crippen LogP) is 5.30. The third kappa shape index (κ3) is 7.15. The summed E-state index contributed by atoms with van der Waals surface area (Å²) < 4.78 is 18.8. The number of methoxy groups -OCH3 is 1. The highest BCUT2D eigenvalue weighted by Crippen LogP contribution is 2.19. The predicted molar refractivity (Wildman–Crippen MR) is 141 cm³/mol. The summed E-state index contributed by atoms with van der Waals surface area (Å²) in [5.41, 5.74) is 2.06. The molecule has 36 heavy (non-hydrogen) atoms. The number of halogens is 1. The largest absolute Gasteiger partial charge is 0.497 e. The third-order valence-electron chi connectivity index (χ3n) is 5.69. The van der Waals surface area contributed by atoms with Crippen molar-refractivity contribution in [1.29, 1.82) is 0 Å². The maximum absolute atomic E-state index is 12.2. The lowest BCUT2D eigenvalue weighted by molar-refractivity contribution is -0.123. The van der Waals surface area contributed by atoms with Crippen molar-refractivity contribution in [2.75, 3.05) is 26.9 Å². The Morgan fingerprint density at radius 1 is 0.917 bits per heavy atom. The van der Waals surface area contributed by atoms with Gasteiger partial charge in [0.2, 0.25) is 0 Å². The lowest BCUT2D eigenvalue weighted by atomic mass is 10.2. The van der Waals surface area contributed by atoms with Crippen LogP contribution in [-0.4, -0.2) is 42.3 Å². The van der Waals surface area contributed by atoms with Crippen LogP contribution in [0.5, 0.6) is 17.2 Å². The Balaban J connectivity index is 1.25. The molecule has 1 N–H and O–H groups in total. The molecule has 0 fully saturated rings. The van der Waals surface area contributed by atoms with E-state index >= 15 is 0 Å². The lowest BCUT2D eigenvalue weighted by Crippen LogP contribution is -2.31. The molecule has 0 unspecified atom stereocenters. The zero-order chi connectivity index (χ0) is 25.2. The van der Waals surface area contributed by atoms with Gasteiger partial charge in [0.25, 0.3) is 5.91 Å². The van der Waals surface area contributed by atoms with Crippen LogP contribution in [0, 0.1) is 0 Å². The number of hydrogen-bond acceptors (Lipinski definition) is 5. The van der Waals surface area contributed by atoms with E-state index in [0.29, 0.717) is 30.3 Å². The smallest absolute Gasteiger partial charge is 0.257 e. The minimum Gasteiger partial charge on any atom is -0.497 e. The van der Waals surface area contributed by atoms with E-state index in [-0.39, 0.29) is 12.5 Å². The second-order valence-corrected chi connectivity index (χ2v) is 8.68. The SMILES string of the molecule is COc1ccc(OCCCCn2c(CCNC(=O)COc3ccc(Cl)cc3)nc3ccccc32)cc1. The number of carbonyl (C=O) groups is 1. The van der Waals surface area contributed by atoms with E-state index in [1.165, 1.54) is 0 Å². The van der Waals surface area contributed by atoms with Crippen molar-refractivity contribution in [3.05, 3.63) is 83.6 Å². The molecule has 4 rings (SSSR count). The number of nitrogens with zero attached hydrogens (tertiary/aromatic N) is 2. The second-order valence-electron chi connectivity index (χ2n) is 8.24. The summed E-state index contributed by atoms with van der Waals surface area (Å²) in [5, 5.41) is 3.54. The highest BCUT2D eigenvalue weighted by atomic mass is 35.5. The van der Waals surface area contributed by atoms with E-state index < -0.39 is 0 Å². The number of fused-ring (bicyclic) bond motifs is 1. The van der Waals surface area contributed by atoms with Crippen LogP contribution in [0.15, 0.2) is 72.8 Å². The number of aromatic nitrogens is 2. The maximum Gasteiger partial charge on any atom is 0.257 e. The van der Waals surface area contributed by atoms with Crippen LogP contribution in [0.2, 0.25) is 5.02 Å². The van der Waals surface area contributed by atoms with Gasteiger partial charge in [-0.25, -0.2) is 4.98 Å². The van der Waals surface area contributed by atoms with Gasteiger partial charge in [-0.05, 0) is 73.5 Å². The molecule has 0 atom stereocenters. The summed E-state index contributed by atoms with van der Waals surface area (Å²) in [6.07, 6.45) is 2.49. The van der Waals surface area contributed by atoms with Crippen molar-refractivity contribution >= 4 is 28.5 Å². The molecule has 0 aliphatic heterocycles. The molecule has 0 saturated heterocycles. The number of hydrogen-bond donors (Lipinski definition) is 1. The van der Waals surface area contributed by atoms with Crippen molar-refractivity contribution in [1.82, 2.24) is 14.9 Å². The molecule has 0 aliphatic carbocycles. The molecule has 188 valence electrons. The van der Waals surface area contributed by atoms with Crippen molar-refractivity contribution in [2.45, 2.75) is 25.8 Å². The molecule has 1 amide bonds. The van der Waals surface area contributed by atoms with E-state index in [0.717, 1.165) is 47.7 Å². The molecular formula is C28H30ClN3O4. The normalized spacial score (nSPS) is 10.8. The molecule has 0 bridgehead atoms. The Labute approximate surface area is 216 Å². The van der Waals surface area contributed by atoms with Gasteiger partial charge in [-0.1, -0.05) is 23.7 Å². The molecule has 8 heteroatoms. The Morgan fingerprint density at radius 3 is 2.39 bits per heavy atom. The third-order valence-corrected chi connectivity index (χ3v) is 5.94. The average molecular weight is 508 g/mol. The number of nitrogens with one attached hydrogen (secondary N) is 1. The van der Waals surface area contributed by atoms with Gasteiger partial charge in [-0.15, -0.1) is 0 Å². The van der Waals surface area contributed by atoms with E-state index in [1.807, 2.05) is 42.5 Å². The van der Waals surface area contributed by atoms with Crippen LogP contribution in [0.25, 0.3) is 11.0 Å². The van der Waals surface area contributed by atoms with Crippen LogP contribution in [0.3, 0.4) is 0 Å². The van der Waals surface area contributed by atoms with E-state index in [2.05, 4.69) is 16.0 Å². The number of rotatable bonds is 13. The Hall–Kier alpha value is -3.71. The minimum atomic E-state index is -0.178. The van der Waals surface area contributed by atoms with E-state index in [4.69, 9.17) is 30.8 Å². The molecular weight excluding hydrogens is 478 g/mol. The lowest BCUT2D eigenvalue weighted by Gasteiger charge is -2.11. The molecule has 1 aromatic heterocycles. The number of imidazole rings is 1. The molecule has 0 aliphatic rings. The minimum absolute atomic E-state index is 0.0494. The second kappa shape index (κ2) is 12.8. The maximum atomic E-state index is 12.2. The first-order valence-electron chi connectivity index (χ1n) is 12.0. The van der Waals surface area contributed by atoms with Crippen molar-refractivity contribution < 1.29 is 19.0 Å². The summed E-state index contributed by atoms with van der Waals surface area (Å²) in [6, 6.07) is 22.6. The van der Waals surface area contributed by atoms with Gasteiger partial charge in [-0.3, -0.25) is 4.79 Å². The van der Waals surface area contributed by atoms with E-state index in [1.54, 1.807) is 31.4 Å². The fourth-order valence-corrected chi connectivity index (χ4v) is 3.97. The summed E-state index contributed by atoms with van der Waals surface area (Å²) in [7, 11) is 1.65. The van der Waals surface area contributed by atoms with Crippen molar-refractivity contribution in [2.24, 2.45) is 0 Å². The monoisotopic (exact) mass is 507 g/mol. The fraction of sp³-hybridized carbons (Fsp3) is 0.286. The first-order chi connectivity index (χ1) is 17.6. The van der Waals surface area contributed by atoms with E-state index in [9.17, 15) is 4.79 Å². The van der Waals surface area contributed by atoms with Gasteiger partial charge >= 0.3 is 0 Å². The van der Waals surface area contributed by atoms with Crippen LogP contribution < -0.4 is 19.5 Å². The fourth-order valence-electron chi connectivity index (χ4n) is 3.84. The number of benzene rings is 3. The summed E-state index contributed by atoms with van der Waals surface area (Å²) >= 11 is 5.87. The van der Waals surface area contributed by atoms with Crippen molar-refractivity contribution in [3.8, 4) is 17.2 Å². The Bertz CT molecular complexity index is 1260. The number of amides is 1. The Morgan fingerprint density at radius 2 is 1.61 bits per heavy atom. The molecule has 1 heterocycles. The van der Waals surface area contributed by atoms with Crippen LogP contribution in [0.1, 0.15) is 18.7 Å². The van der Waals surface area contributed by atoms with Gasteiger partial charge in [0.15, 0.2) is 6.61 Å². The first-order valence-corrected chi connectivity index (χ1v) is 12.4. The zero-order valence-electron chi connectivity index (χ0n) is 20.3. The van der Waals surface area contributed by atoms with Gasteiger partial charge in [0.1, 0.15) is 23.1 Å². The molecule has 3 aromatic carbocycles. The summed E-state index contributed by atoms with van der Waals surface area (Å²) in [5.74, 6) is 3.02. The number of aryl methyl sites for hydroxylation is 1. The van der Waals surface area contributed by atoms with Crippen LogP contribution in [-0.2, 0) is 17.8 Å². The van der Waals surface area contributed by atoms with Gasteiger partial charge < -0.3 is 24.1 Å². The molecule has 4 aromatic rings. The molecule has 0 spiro atoms. The first kappa shape index (κ1) is 25.4. The molecule has 7 nitrogen and oxygen atoms in total. The van der Waals surface area contributed by atoms with Gasteiger partial charge in [0, 0.05) is 24.5 Å². The number of para-hydroxylation sites is 2. The standard InChI is InChI=1S/C28H30ClN3O4/c1-34-22-12-14-23(15-13-22)35-19-5-4-18-32-26-7-3-2-6-25(26)31-27(32)16-17-30-28(33)20-36-24-10-8-21(29)9-11-24/h2-3,6-15H,4-5,16-20H2,1H3,(H,30,33). The summed E-state index contributed by atoms with van der Waals surface area (Å²) in [4.78, 5) is 17.0. The molecule has 0 saturated carbocycles. The van der Waals surface area contributed by atoms with Crippen LogP contribution in [0.4, 0.5) is 0 Å². The van der Waals surface area contributed by atoms with Gasteiger partial charge in [-0.2, -0.15) is 0 Å². The highest BCUT2D eigenvalue weighted by Gasteiger charge is 2.11. The van der Waals surface area contributed by atoms with Gasteiger partial charge in [0.05, 0.1) is 24.8 Å². The molecule has 0 radical (unpaired) electrons. The number of carbonyl (C=O) groups excluding carboxylic acids is 1. The summed E-state index contributed by atoms with van der Waals surface area (Å²) in [6.45, 7) is 1.90. The average Bonchev–Trinajstić information content (AvgIpc) is 3.25. The number of ether oxygens (including phenoxy) is 3. The zero-order valence-corrected chi connectivity index (χ0v) is 21.0. The van der Waals surface area contributed by atoms with Crippen molar-refractivity contribution in [3.63, 3.8) is 0 Å². The number of unbranched alkanes of at least 4 members (excludes halogenated alkanes) is 1. The van der Waals surface area contributed by atoms with Crippen LogP contribution >= 0.6 is 11.6 Å². The topological polar surface area (TPSA) is 74.6 Å². The Kier molecular flexibility index (Phi) is 9.05.